The molecular weight excluding hydrogens is 250 g/mol. The third-order valence-electron chi connectivity index (χ3n) is 2.65. The van der Waals surface area contributed by atoms with Gasteiger partial charge in [-0.05, 0) is 24.3 Å². The van der Waals surface area contributed by atoms with Gasteiger partial charge < -0.3 is 4.57 Å². The fourth-order valence-electron chi connectivity index (χ4n) is 1.69. The highest BCUT2D eigenvalue weighted by molar-refractivity contribution is 6.30. The predicted molar refractivity (Wildman–Crippen MR) is 69.0 cm³/mol. The van der Waals surface area contributed by atoms with E-state index in [-0.39, 0.29) is 0 Å². The van der Waals surface area contributed by atoms with E-state index in [0.29, 0.717) is 16.7 Å². The molecule has 18 heavy (non-hydrogen) atoms. The van der Waals surface area contributed by atoms with Gasteiger partial charge in [-0.1, -0.05) is 11.6 Å². The number of H-pyrrole nitrogens is 1. The fraction of sp³-hybridized carbons (Fsp3) is 0.0833. The van der Waals surface area contributed by atoms with Gasteiger partial charge in [0.1, 0.15) is 5.69 Å². The zero-order valence-corrected chi connectivity index (χ0v) is 10.4. The molecule has 1 N–H and O–H groups in total. The lowest BCUT2D eigenvalue weighted by Gasteiger charge is -1.96. The number of halogens is 1. The van der Waals surface area contributed by atoms with Crippen LogP contribution in [0.5, 0.6) is 0 Å². The first kappa shape index (κ1) is 11.0. The van der Waals surface area contributed by atoms with Crippen molar-refractivity contribution in [3.8, 4) is 22.9 Å². The van der Waals surface area contributed by atoms with Gasteiger partial charge in [0.05, 0.1) is 12.5 Å². The Morgan fingerprint density at radius 2 is 2.00 bits per heavy atom. The van der Waals surface area contributed by atoms with Crippen molar-refractivity contribution in [1.82, 2.24) is 24.7 Å². The molecule has 0 spiro atoms. The van der Waals surface area contributed by atoms with Gasteiger partial charge in [-0.2, -0.15) is 5.10 Å². The normalized spacial score (nSPS) is 10.8. The molecule has 0 aliphatic rings. The first-order valence-corrected chi connectivity index (χ1v) is 5.77. The Labute approximate surface area is 108 Å². The van der Waals surface area contributed by atoms with Crippen LogP contribution >= 0.6 is 11.6 Å². The molecule has 90 valence electrons. The lowest BCUT2D eigenvalue weighted by Crippen LogP contribution is -1.90. The first-order valence-electron chi connectivity index (χ1n) is 5.39. The fourth-order valence-corrected chi connectivity index (χ4v) is 1.82. The number of rotatable bonds is 2. The molecule has 3 rings (SSSR count). The summed E-state index contributed by atoms with van der Waals surface area (Å²) in [6, 6.07) is 7.41. The minimum Gasteiger partial charge on any atom is -0.331 e. The Bertz CT molecular complexity index is 668. The van der Waals surface area contributed by atoms with Crippen molar-refractivity contribution in [3.63, 3.8) is 0 Å². The molecule has 0 bridgehead atoms. The second-order valence-electron chi connectivity index (χ2n) is 3.90. The molecule has 0 fully saturated rings. The average molecular weight is 260 g/mol. The number of hydrogen-bond donors (Lipinski definition) is 1. The van der Waals surface area contributed by atoms with E-state index in [1.807, 2.05) is 35.9 Å². The Kier molecular flexibility index (Phi) is 2.60. The molecule has 6 heteroatoms. The van der Waals surface area contributed by atoms with Crippen LogP contribution in [-0.2, 0) is 7.05 Å². The van der Waals surface area contributed by atoms with E-state index < -0.39 is 0 Å². The minimum atomic E-state index is 0.642. The lowest BCUT2D eigenvalue weighted by molar-refractivity contribution is 0.909. The zero-order chi connectivity index (χ0) is 12.5. The number of aromatic nitrogens is 5. The standard InChI is InChI=1S/C12H10ClN5/c1-18-7-14-6-10(18)12-15-11(16-17-12)8-2-4-9(13)5-3-8/h2-7H,1H3,(H,15,16,17). The van der Waals surface area contributed by atoms with E-state index >= 15 is 0 Å². The topological polar surface area (TPSA) is 59.4 Å². The molecule has 0 unspecified atom stereocenters. The summed E-state index contributed by atoms with van der Waals surface area (Å²) in [5.74, 6) is 1.34. The number of nitrogens with zero attached hydrogens (tertiary/aromatic N) is 4. The van der Waals surface area contributed by atoms with Crippen LogP contribution < -0.4 is 0 Å². The van der Waals surface area contributed by atoms with E-state index in [1.165, 1.54) is 0 Å². The highest BCUT2D eigenvalue weighted by Gasteiger charge is 2.09. The van der Waals surface area contributed by atoms with E-state index in [9.17, 15) is 0 Å². The summed E-state index contributed by atoms with van der Waals surface area (Å²) >= 11 is 5.85. The molecule has 0 saturated heterocycles. The van der Waals surface area contributed by atoms with Crippen LogP contribution in [0.4, 0.5) is 0 Å². The van der Waals surface area contributed by atoms with Crippen LogP contribution in [0.2, 0.25) is 5.02 Å². The van der Waals surface area contributed by atoms with Gasteiger partial charge in [-0.15, -0.1) is 0 Å². The van der Waals surface area contributed by atoms with Gasteiger partial charge in [0, 0.05) is 17.6 Å². The molecule has 0 radical (unpaired) electrons. The smallest absolute Gasteiger partial charge is 0.181 e. The van der Waals surface area contributed by atoms with Gasteiger partial charge in [0.25, 0.3) is 0 Å². The molecule has 0 amide bonds. The summed E-state index contributed by atoms with van der Waals surface area (Å²) in [5.41, 5.74) is 1.81. The van der Waals surface area contributed by atoms with Crippen molar-refractivity contribution in [2.45, 2.75) is 0 Å². The van der Waals surface area contributed by atoms with Crippen LogP contribution in [0.3, 0.4) is 0 Å². The zero-order valence-electron chi connectivity index (χ0n) is 9.63. The maximum Gasteiger partial charge on any atom is 0.181 e. The van der Waals surface area contributed by atoms with Crippen molar-refractivity contribution in [2.24, 2.45) is 7.05 Å². The first-order chi connectivity index (χ1) is 8.74. The minimum absolute atomic E-state index is 0.642. The molecule has 5 nitrogen and oxygen atoms in total. The van der Waals surface area contributed by atoms with Crippen molar-refractivity contribution in [2.75, 3.05) is 0 Å². The molecule has 0 aliphatic heterocycles. The van der Waals surface area contributed by atoms with Crippen molar-refractivity contribution in [1.29, 1.82) is 0 Å². The van der Waals surface area contributed by atoms with Crippen molar-refractivity contribution >= 4 is 11.6 Å². The van der Waals surface area contributed by atoms with E-state index in [1.54, 1.807) is 12.5 Å². The second kappa shape index (κ2) is 4.27. The molecule has 1 aromatic carbocycles. The molecule has 2 aromatic heterocycles. The molecule has 0 aliphatic carbocycles. The Morgan fingerprint density at radius 3 is 2.67 bits per heavy atom. The van der Waals surface area contributed by atoms with Crippen LogP contribution in [-0.4, -0.2) is 24.7 Å². The van der Waals surface area contributed by atoms with Crippen LogP contribution in [0.1, 0.15) is 0 Å². The monoisotopic (exact) mass is 259 g/mol. The Morgan fingerprint density at radius 1 is 1.22 bits per heavy atom. The van der Waals surface area contributed by atoms with Crippen LogP contribution in [0.15, 0.2) is 36.8 Å². The average Bonchev–Trinajstić information content (AvgIpc) is 2.98. The van der Waals surface area contributed by atoms with E-state index in [2.05, 4.69) is 20.2 Å². The van der Waals surface area contributed by atoms with Gasteiger partial charge in [-0.25, -0.2) is 9.97 Å². The molecule has 0 atom stereocenters. The molecule has 3 aromatic rings. The summed E-state index contributed by atoms with van der Waals surface area (Å²) in [6.07, 6.45) is 3.46. The number of hydrogen-bond acceptors (Lipinski definition) is 3. The highest BCUT2D eigenvalue weighted by Crippen LogP contribution is 2.20. The molecule has 2 heterocycles. The van der Waals surface area contributed by atoms with E-state index in [4.69, 9.17) is 11.6 Å². The largest absolute Gasteiger partial charge is 0.331 e. The SMILES string of the molecule is Cn1cncc1-c1nc(-c2ccc(Cl)cc2)n[nH]1. The summed E-state index contributed by atoms with van der Waals surface area (Å²) < 4.78 is 1.88. The molecule has 0 saturated carbocycles. The van der Waals surface area contributed by atoms with Crippen LogP contribution in [0, 0.1) is 0 Å². The van der Waals surface area contributed by atoms with Gasteiger partial charge in [0.2, 0.25) is 0 Å². The highest BCUT2D eigenvalue weighted by atomic mass is 35.5. The number of imidazole rings is 1. The van der Waals surface area contributed by atoms with E-state index in [0.717, 1.165) is 11.3 Å². The van der Waals surface area contributed by atoms with Gasteiger partial charge in [0.15, 0.2) is 11.6 Å². The molecular formula is C12H10ClN5. The number of aromatic amines is 1. The number of benzene rings is 1. The summed E-state index contributed by atoms with van der Waals surface area (Å²) in [4.78, 5) is 8.49. The Balaban J connectivity index is 1.99. The van der Waals surface area contributed by atoms with Gasteiger partial charge in [-0.3, -0.25) is 5.10 Å². The van der Waals surface area contributed by atoms with Crippen molar-refractivity contribution < 1.29 is 0 Å². The van der Waals surface area contributed by atoms with Crippen LogP contribution in [0.25, 0.3) is 22.9 Å². The maximum atomic E-state index is 5.85. The Hall–Kier alpha value is -2.14. The maximum absolute atomic E-state index is 5.85. The lowest BCUT2D eigenvalue weighted by atomic mass is 10.2. The third-order valence-corrected chi connectivity index (χ3v) is 2.90. The third kappa shape index (κ3) is 1.89. The summed E-state index contributed by atoms with van der Waals surface area (Å²) in [6.45, 7) is 0. The van der Waals surface area contributed by atoms with Crippen molar-refractivity contribution in [3.05, 3.63) is 41.8 Å². The second-order valence-corrected chi connectivity index (χ2v) is 4.34. The predicted octanol–water partition coefficient (Wildman–Crippen LogP) is 2.53. The summed E-state index contributed by atoms with van der Waals surface area (Å²) in [5, 5.41) is 7.80. The van der Waals surface area contributed by atoms with Gasteiger partial charge >= 0.3 is 0 Å². The quantitative estimate of drug-likeness (QED) is 0.769. The number of nitrogens with one attached hydrogen (secondary N) is 1. The number of aryl methyl sites for hydroxylation is 1. The summed E-state index contributed by atoms with van der Waals surface area (Å²) in [7, 11) is 1.91.